The summed E-state index contributed by atoms with van der Waals surface area (Å²) in [6.07, 6.45) is 8.61. The van der Waals surface area contributed by atoms with Crippen molar-refractivity contribution in [2.45, 2.75) is 31.7 Å². The average molecular weight is 262 g/mol. The van der Waals surface area contributed by atoms with Crippen LogP contribution >= 0.6 is 0 Å². The van der Waals surface area contributed by atoms with Crippen molar-refractivity contribution in [2.24, 2.45) is 5.92 Å². The highest BCUT2D eigenvalue weighted by Crippen LogP contribution is 2.31. The number of piperidine rings is 1. The van der Waals surface area contributed by atoms with Crippen LogP contribution in [-0.4, -0.2) is 42.8 Å². The first-order chi connectivity index (χ1) is 9.36. The van der Waals surface area contributed by atoms with E-state index < -0.39 is 0 Å². The van der Waals surface area contributed by atoms with Crippen LogP contribution in [-0.2, 0) is 0 Å². The Bertz CT molecular complexity index is 398. The molecule has 1 aliphatic carbocycles. The van der Waals surface area contributed by atoms with Gasteiger partial charge in [0.1, 0.15) is 0 Å². The van der Waals surface area contributed by atoms with Gasteiger partial charge in [-0.05, 0) is 44.7 Å². The lowest BCUT2D eigenvalue weighted by atomic mass is 9.97. The van der Waals surface area contributed by atoms with Crippen molar-refractivity contribution in [3.8, 4) is 5.75 Å². The van der Waals surface area contributed by atoms with Crippen LogP contribution in [0.15, 0.2) is 12.4 Å². The third-order valence-electron chi connectivity index (χ3n) is 4.01. The first-order valence-electron chi connectivity index (χ1n) is 7.20. The highest BCUT2D eigenvalue weighted by molar-refractivity contribution is 5.35. The molecule has 104 valence electrons. The first kappa shape index (κ1) is 12.7. The quantitative estimate of drug-likeness (QED) is 0.870. The van der Waals surface area contributed by atoms with E-state index in [-0.39, 0.29) is 0 Å². The molecule has 0 unspecified atom stereocenters. The Kier molecular flexibility index (Phi) is 3.82. The first-order valence-corrected chi connectivity index (χ1v) is 7.20. The molecule has 2 fully saturated rings. The number of nitrogens with one attached hydrogen (secondary N) is 1. The molecular formula is C14H22N4O. The topological polar surface area (TPSA) is 50.3 Å². The molecule has 0 aromatic carbocycles. The van der Waals surface area contributed by atoms with E-state index >= 15 is 0 Å². The van der Waals surface area contributed by atoms with Crippen molar-refractivity contribution in [1.29, 1.82) is 0 Å². The lowest BCUT2D eigenvalue weighted by Crippen LogP contribution is -2.38. The van der Waals surface area contributed by atoms with Gasteiger partial charge >= 0.3 is 0 Å². The lowest BCUT2D eigenvalue weighted by molar-refractivity contribution is 0.370. The van der Waals surface area contributed by atoms with Gasteiger partial charge in [-0.25, -0.2) is 9.97 Å². The maximum atomic E-state index is 5.12. The number of aromatic nitrogens is 2. The molecule has 1 saturated carbocycles. The molecule has 0 amide bonds. The average Bonchev–Trinajstić information content (AvgIpc) is 3.31. The Hall–Kier alpha value is -1.36. The van der Waals surface area contributed by atoms with Crippen molar-refractivity contribution in [3.05, 3.63) is 12.4 Å². The minimum atomic E-state index is 0.656. The third-order valence-corrected chi connectivity index (χ3v) is 4.01. The van der Waals surface area contributed by atoms with E-state index in [1.165, 1.54) is 25.7 Å². The Morgan fingerprint density at radius 3 is 2.47 bits per heavy atom. The van der Waals surface area contributed by atoms with Gasteiger partial charge in [0.05, 0.1) is 19.5 Å². The zero-order valence-electron chi connectivity index (χ0n) is 11.5. The molecule has 0 bridgehead atoms. The van der Waals surface area contributed by atoms with E-state index in [0.29, 0.717) is 6.04 Å². The maximum absolute atomic E-state index is 5.12. The molecule has 2 heterocycles. The third kappa shape index (κ3) is 3.15. The summed E-state index contributed by atoms with van der Waals surface area (Å²) in [5.74, 6) is 2.36. The largest absolute Gasteiger partial charge is 0.494 e. The van der Waals surface area contributed by atoms with Crippen LogP contribution in [0.2, 0.25) is 0 Å². The standard InChI is InChI=1S/C14H22N4O/c1-19-13-8-16-14(17-9-13)18(12-2-3-12)10-11-4-6-15-7-5-11/h8-9,11-12,15H,2-7,10H2,1H3. The predicted molar refractivity (Wildman–Crippen MR) is 74.5 cm³/mol. The fraction of sp³-hybridized carbons (Fsp3) is 0.714. The van der Waals surface area contributed by atoms with Gasteiger partial charge in [-0.15, -0.1) is 0 Å². The second-order valence-electron chi connectivity index (χ2n) is 5.50. The zero-order chi connectivity index (χ0) is 13.1. The molecule has 5 nitrogen and oxygen atoms in total. The molecule has 1 aromatic rings. The number of nitrogens with zero attached hydrogens (tertiary/aromatic N) is 3. The summed E-state index contributed by atoms with van der Waals surface area (Å²) in [7, 11) is 1.64. The summed E-state index contributed by atoms with van der Waals surface area (Å²) in [5.41, 5.74) is 0. The van der Waals surface area contributed by atoms with E-state index in [4.69, 9.17) is 4.74 Å². The maximum Gasteiger partial charge on any atom is 0.225 e. The smallest absolute Gasteiger partial charge is 0.225 e. The molecule has 1 aliphatic heterocycles. The van der Waals surface area contributed by atoms with Gasteiger partial charge in [0.2, 0.25) is 5.95 Å². The second kappa shape index (κ2) is 5.74. The molecule has 3 rings (SSSR count). The summed E-state index contributed by atoms with van der Waals surface area (Å²) >= 11 is 0. The molecule has 19 heavy (non-hydrogen) atoms. The van der Waals surface area contributed by atoms with Gasteiger partial charge in [0, 0.05) is 12.6 Å². The molecule has 0 spiro atoms. The van der Waals surface area contributed by atoms with Gasteiger partial charge in [0.25, 0.3) is 0 Å². The van der Waals surface area contributed by atoms with Crippen molar-refractivity contribution in [2.75, 3.05) is 31.6 Å². The normalized spacial score (nSPS) is 20.3. The summed E-state index contributed by atoms with van der Waals surface area (Å²) in [4.78, 5) is 11.3. The van der Waals surface area contributed by atoms with Gasteiger partial charge < -0.3 is 15.0 Å². The van der Waals surface area contributed by atoms with E-state index in [1.54, 1.807) is 19.5 Å². The van der Waals surface area contributed by atoms with Crippen molar-refractivity contribution < 1.29 is 4.74 Å². The number of hydrogen-bond donors (Lipinski definition) is 1. The molecule has 1 saturated heterocycles. The Morgan fingerprint density at radius 2 is 1.89 bits per heavy atom. The Morgan fingerprint density at radius 1 is 1.21 bits per heavy atom. The van der Waals surface area contributed by atoms with E-state index in [1.807, 2.05) is 0 Å². The highest BCUT2D eigenvalue weighted by atomic mass is 16.5. The summed E-state index contributed by atoms with van der Waals surface area (Å²) in [6, 6.07) is 0.656. The molecule has 1 N–H and O–H groups in total. The molecule has 2 aliphatic rings. The van der Waals surface area contributed by atoms with Crippen molar-refractivity contribution in [3.63, 3.8) is 0 Å². The minimum absolute atomic E-state index is 0.656. The SMILES string of the molecule is COc1cnc(N(CC2CCNCC2)C2CC2)nc1. The molecular weight excluding hydrogens is 240 g/mol. The van der Waals surface area contributed by atoms with Gasteiger partial charge in [-0.1, -0.05) is 0 Å². The van der Waals surface area contributed by atoms with Crippen LogP contribution in [0.3, 0.4) is 0 Å². The molecule has 0 radical (unpaired) electrons. The van der Waals surface area contributed by atoms with Gasteiger partial charge in [-0.2, -0.15) is 0 Å². The fourth-order valence-electron chi connectivity index (χ4n) is 2.69. The number of rotatable bonds is 5. The zero-order valence-corrected chi connectivity index (χ0v) is 11.5. The summed E-state index contributed by atoms with van der Waals surface area (Å²) in [6.45, 7) is 3.39. The number of methoxy groups -OCH3 is 1. The molecule has 0 atom stereocenters. The minimum Gasteiger partial charge on any atom is -0.494 e. The molecule has 1 aromatic heterocycles. The number of anilines is 1. The summed E-state index contributed by atoms with van der Waals surface area (Å²) in [5, 5.41) is 3.42. The fourth-order valence-corrected chi connectivity index (χ4v) is 2.69. The van der Waals surface area contributed by atoms with Crippen LogP contribution in [0.1, 0.15) is 25.7 Å². The number of hydrogen-bond acceptors (Lipinski definition) is 5. The van der Waals surface area contributed by atoms with Crippen LogP contribution in [0, 0.1) is 5.92 Å². The predicted octanol–water partition coefficient (Wildman–Crippen LogP) is 1.45. The van der Waals surface area contributed by atoms with E-state index in [9.17, 15) is 0 Å². The van der Waals surface area contributed by atoms with E-state index in [2.05, 4.69) is 20.2 Å². The highest BCUT2D eigenvalue weighted by Gasteiger charge is 2.32. The summed E-state index contributed by atoms with van der Waals surface area (Å²) < 4.78 is 5.12. The molecule has 5 heteroatoms. The van der Waals surface area contributed by atoms with Crippen molar-refractivity contribution >= 4 is 5.95 Å². The van der Waals surface area contributed by atoms with Crippen LogP contribution in [0.25, 0.3) is 0 Å². The van der Waals surface area contributed by atoms with Gasteiger partial charge in [0.15, 0.2) is 5.75 Å². The van der Waals surface area contributed by atoms with Crippen molar-refractivity contribution in [1.82, 2.24) is 15.3 Å². The Labute approximate surface area is 114 Å². The monoisotopic (exact) mass is 262 g/mol. The van der Waals surface area contributed by atoms with Gasteiger partial charge in [-0.3, -0.25) is 0 Å². The number of ether oxygens (including phenoxy) is 1. The Balaban J connectivity index is 1.68. The lowest BCUT2D eigenvalue weighted by Gasteiger charge is -2.30. The van der Waals surface area contributed by atoms with Crippen LogP contribution in [0.5, 0.6) is 5.75 Å². The second-order valence-corrected chi connectivity index (χ2v) is 5.50. The van der Waals surface area contributed by atoms with Crippen LogP contribution < -0.4 is 15.0 Å². The van der Waals surface area contributed by atoms with Crippen LogP contribution in [0.4, 0.5) is 5.95 Å². The van der Waals surface area contributed by atoms with E-state index in [0.717, 1.165) is 37.3 Å².